The van der Waals surface area contributed by atoms with Crippen molar-refractivity contribution < 1.29 is 9.47 Å². The molecule has 2 atom stereocenters. The number of piperidine rings is 1. The molecule has 0 bridgehead atoms. The molecule has 0 spiro atoms. The Morgan fingerprint density at radius 2 is 2.00 bits per heavy atom. The van der Waals surface area contributed by atoms with E-state index in [0.29, 0.717) is 12.5 Å². The molecule has 1 aliphatic rings. The molecule has 1 aromatic rings. The van der Waals surface area contributed by atoms with Crippen molar-refractivity contribution in [3.8, 4) is 11.5 Å². The Balaban J connectivity index is 0.00000200. The topological polar surface area (TPSA) is 47.7 Å². The van der Waals surface area contributed by atoms with Crippen LogP contribution in [-0.2, 0) is 0 Å². The number of methoxy groups -OCH3 is 1. The Kier molecular flexibility index (Phi) is 9.06. The lowest BCUT2D eigenvalue weighted by Crippen LogP contribution is -2.44. The van der Waals surface area contributed by atoms with E-state index in [1.165, 1.54) is 5.56 Å². The zero-order valence-electron chi connectivity index (χ0n) is 12.9. The van der Waals surface area contributed by atoms with Crippen molar-refractivity contribution in [1.29, 1.82) is 0 Å². The summed E-state index contributed by atoms with van der Waals surface area (Å²) in [5.41, 5.74) is 7.51. The van der Waals surface area contributed by atoms with Crippen LogP contribution in [0.5, 0.6) is 11.5 Å². The summed E-state index contributed by atoms with van der Waals surface area (Å²) in [6, 6.07) is 6.37. The molecule has 1 aromatic carbocycles. The molecular weight excluding hydrogens is 311 g/mol. The second-order valence-corrected chi connectivity index (χ2v) is 5.16. The number of benzene rings is 1. The minimum absolute atomic E-state index is 0. The Bertz CT molecular complexity index is 432. The first-order valence-corrected chi connectivity index (χ1v) is 6.90. The third-order valence-corrected chi connectivity index (χ3v) is 3.79. The van der Waals surface area contributed by atoms with Gasteiger partial charge in [-0.1, -0.05) is 6.07 Å². The van der Waals surface area contributed by atoms with Crippen molar-refractivity contribution >= 4 is 24.8 Å². The fraction of sp³-hybridized carbons (Fsp3) is 0.600. The molecule has 1 fully saturated rings. The van der Waals surface area contributed by atoms with E-state index in [4.69, 9.17) is 15.2 Å². The molecular formula is C15H26Cl2N2O2. The average Bonchev–Trinajstić information content (AvgIpc) is 2.42. The zero-order chi connectivity index (χ0) is 13.8. The van der Waals surface area contributed by atoms with Crippen LogP contribution in [0.4, 0.5) is 0 Å². The van der Waals surface area contributed by atoms with Crippen molar-refractivity contribution in [2.45, 2.75) is 25.3 Å². The van der Waals surface area contributed by atoms with Crippen LogP contribution in [0.2, 0.25) is 0 Å². The Labute approximate surface area is 139 Å². The summed E-state index contributed by atoms with van der Waals surface area (Å²) in [6.45, 7) is 4.69. The second kappa shape index (κ2) is 9.36. The van der Waals surface area contributed by atoms with Gasteiger partial charge in [0.25, 0.3) is 0 Å². The van der Waals surface area contributed by atoms with Gasteiger partial charge in [0.05, 0.1) is 13.7 Å². The molecule has 0 amide bonds. The number of likely N-dealkylation sites (tertiary alicyclic amines) is 1. The summed E-state index contributed by atoms with van der Waals surface area (Å²) < 4.78 is 11.0. The summed E-state index contributed by atoms with van der Waals surface area (Å²) in [6.07, 6.45) is 1.04. The maximum atomic E-state index is 6.27. The standard InChI is InChI=1S/C15H24N2O2.2ClH/c1-4-19-15-9-11(5-6-14(15)18-3)12-10-17(2)8-7-13(12)16;;/h5-6,9,12-13H,4,7-8,10,16H2,1-3H3;2*1H. The van der Waals surface area contributed by atoms with E-state index in [9.17, 15) is 0 Å². The van der Waals surface area contributed by atoms with Crippen LogP contribution in [0.25, 0.3) is 0 Å². The van der Waals surface area contributed by atoms with Crippen molar-refractivity contribution in [1.82, 2.24) is 4.90 Å². The van der Waals surface area contributed by atoms with Crippen LogP contribution in [0.1, 0.15) is 24.8 Å². The molecule has 1 saturated heterocycles. The van der Waals surface area contributed by atoms with Gasteiger partial charge in [-0.05, 0) is 44.6 Å². The highest BCUT2D eigenvalue weighted by atomic mass is 35.5. The van der Waals surface area contributed by atoms with Gasteiger partial charge in [0.15, 0.2) is 11.5 Å². The lowest BCUT2D eigenvalue weighted by atomic mass is 9.86. The predicted molar refractivity (Wildman–Crippen MR) is 91.5 cm³/mol. The van der Waals surface area contributed by atoms with Gasteiger partial charge in [0.2, 0.25) is 0 Å². The maximum absolute atomic E-state index is 6.27. The number of hydrogen-bond donors (Lipinski definition) is 1. The minimum atomic E-state index is 0. The van der Waals surface area contributed by atoms with E-state index in [1.54, 1.807) is 7.11 Å². The summed E-state index contributed by atoms with van der Waals surface area (Å²) in [5.74, 6) is 1.95. The molecule has 0 aromatic heterocycles. The van der Waals surface area contributed by atoms with Gasteiger partial charge >= 0.3 is 0 Å². The van der Waals surface area contributed by atoms with Crippen molar-refractivity contribution in [2.75, 3.05) is 33.9 Å². The van der Waals surface area contributed by atoms with E-state index in [-0.39, 0.29) is 30.9 Å². The van der Waals surface area contributed by atoms with Gasteiger partial charge in [-0.2, -0.15) is 0 Å². The Morgan fingerprint density at radius 3 is 2.62 bits per heavy atom. The van der Waals surface area contributed by atoms with Crippen LogP contribution < -0.4 is 15.2 Å². The number of halogens is 2. The first-order chi connectivity index (χ1) is 9.15. The molecule has 2 N–H and O–H groups in total. The van der Waals surface area contributed by atoms with Crippen LogP contribution >= 0.6 is 24.8 Å². The van der Waals surface area contributed by atoms with Crippen LogP contribution in [0.15, 0.2) is 18.2 Å². The molecule has 0 saturated carbocycles. The zero-order valence-corrected chi connectivity index (χ0v) is 14.5. The maximum Gasteiger partial charge on any atom is 0.161 e. The quantitative estimate of drug-likeness (QED) is 0.918. The summed E-state index contributed by atoms with van der Waals surface area (Å²) in [7, 11) is 3.81. The minimum Gasteiger partial charge on any atom is -0.493 e. The molecule has 2 rings (SSSR count). The van der Waals surface area contributed by atoms with Crippen molar-refractivity contribution in [3.05, 3.63) is 23.8 Å². The number of nitrogens with two attached hydrogens (primary N) is 1. The number of rotatable bonds is 4. The summed E-state index contributed by atoms with van der Waals surface area (Å²) in [4.78, 5) is 2.33. The molecule has 1 aliphatic heterocycles. The number of hydrogen-bond acceptors (Lipinski definition) is 4. The highest BCUT2D eigenvalue weighted by Crippen LogP contribution is 2.33. The van der Waals surface area contributed by atoms with Crippen molar-refractivity contribution in [2.24, 2.45) is 5.73 Å². The third kappa shape index (κ3) is 4.92. The van der Waals surface area contributed by atoms with Crippen LogP contribution in [-0.4, -0.2) is 44.8 Å². The SMILES string of the molecule is CCOc1cc(C2CN(C)CCC2N)ccc1OC.Cl.Cl. The van der Waals surface area contributed by atoms with Gasteiger partial charge in [-0.25, -0.2) is 0 Å². The molecule has 0 aliphatic carbocycles. The lowest BCUT2D eigenvalue weighted by Gasteiger charge is -2.35. The molecule has 6 heteroatoms. The van der Waals surface area contributed by atoms with E-state index in [2.05, 4.69) is 24.1 Å². The highest BCUT2D eigenvalue weighted by molar-refractivity contribution is 5.85. The monoisotopic (exact) mass is 336 g/mol. The van der Waals surface area contributed by atoms with Gasteiger partial charge < -0.3 is 20.1 Å². The van der Waals surface area contributed by atoms with Gasteiger partial charge in [-0.15, -0.1) is 24.8 Å². The summed E-state index contributed by atoms with van der Waals surface area (Å²) in [5, 5.41) is 0. The molecule has 21 heavy (non-hydrogen) atoms. The fourth-order valence-corrected chi connectivity index (χ4v) is 2.68. The third-order valence-electron chi connectivity index (χ3n) is 3.79. The largest absolute Gasteiger partial charge is 0.493 e. The molecule has 2 unspecified atom stereocenters. The average molecular weight is 337 g/mol. The Hall–Kier alpha value is -0.680. The lowest BCUT2D eigenvalue weighted by molar-refractivity contribution is 0.227. The van der Waals surface area contributed by atoms with Crippen molar-refractivity contribution in [3.63, 3.8) is 0 Å². The van der Waals surface area contributed by atoms with E-state index in [0.717, 1.165) is 31.0 Å². The smallest absolute Gasteiger partial charge is 0.161 e. The molecule has 4 nitrogen and oxygen atoms in total. The van der Waals surface area contributed by atoms with Crippen LogP contribution in [0.3, 0.4) is 0 Å². The highest BCUT2D eigenvalue weighted by Gasteiger charge is 2.26. The van der Waals surface area contributed by atoms with Crippen LogP contribution in [0, 0.1) is 0 Å². The van der Waals surface area contributed by atoms with E-state index in [1.807, 2.05) is 13.0 Å². The molecule has 122 valence electrons. The first-order valence-electron chi connectivity index (χ1n) is 6.90. The second-order valence-electron chi connectivity index (χ2n) is 5.16. The normalized spacial score (nSPS) is 21.9. The van der Waals surface area contributed by atoms with Gasteiger partial charge in [0.1, 0.15) is 0 Å². The fourth-order valence-electron chi connectivity index (χ4n) is 2.68. The van der Waals surface area contributed by atoms with Gasteiger partial charge in [-0.3, -0.25) is 0 Å². The number of ether oxygens (including phenoxy) is 2. The van der Waals surface area contributed by atoms with Gasteiger partial charge in [0, 0.05) is 18.5 Å². The van der Waals surface area contributed by atoms with E-state index < -0.39 is 0 Å². The predicted octanol–water partition coefficient (Wildman–Crippen LogP) is 2.68. The first kappa shape index (κ1) is 20.3. The number of nitrogens with zero attached hydrogens (tertiary/aromatic N) is 1. The molecule has 1 heterocycles. The number of likely N-dealkylation sites (N-methyl/N-ethyl adjacent to an activating group) is 1. The molecule has 0 radical (unpaired) electrons. The summed E-state index contributed by atoms with van der Waals surface area (Å²) >= 11 is 0. The Morgan fingerprint density at radius 1 is 1.29 bits per heavy atom. The van der Waals surface area contributed by atoms with E-state index >= 15 is 0 Å².